The molecule has 18 heavy (non-hydrogen) atoms. The van der Waals surface area contributed by atoms with Gasteiger partial charge in [-0.2, -0.15) is 0 Å². The maximum atomic E-state index is 12.9. The van der Waals surface area contributed by atoms with Crippen molar-refractivity contribution in [2.24, 2.45) is 0 Å². The van der Waals surface area contributed by atoms with E-state index in [1.807, 2.05) is 0 Å². The molecule has 0 saturated carbocycles. The lowest BCUT2D eigenvalue weighted by Crippen LogP contribution is -2.38. The molecule has 1 atom stereocenters. The number of aliphatic carboxylic acids is 1. The van der Waals surface area contributed by atoms with Gasteiger partial charge in [0, 0.05) is 7.11 Å². The van der Waals surface area contributed by atoms with E-state index in [1.165, 1.54) is 25.3 Å². The molecule has 98 valence electrons. The first-order valence-electron chi connectivity index (χ1n) is 5.29. The maximum absolute atomic E-state index is 12.9. The van der Waals surface area contributed by atoms with Crippen LogP contribution in [0.2, 0.25) is 0 Å². The summed E-state index contributed by atoms with van der Waals surface area (Å²) >= 11 is 0. The van der Waals surface area contributed by atoms with Crippen LogP contribution in [-0.4, -0.2) is 36.7 Å². The molecule has 1 aromatic rings. The van der Waals surface area contributed by atoms with Crippen LogP contribution in [0.4, 0.5) is 4.39 Å². The van der Waals surface area contributed by atoms with Crippen LogP contribution in [0.1, 0.15) is 5.56 Å². The molecule has 0 aliphatic carbocycles. The van der Waals surface area contributed by atoms with Crippen molar-refractivity contribution in [3.05, 3.63) is 35.6 Å². The van der Waals surface area contributed by atoms with E-state index in [-0.39, 0.29) is 18.9 Å². The van der Waals surface area contributed by atoms with Crippen LogP contribution in [0.25, 0.3) is 0 Å². The zero-order valence-electron chi connectivity index (χ0n) is 9.85. The van der Waals surface area contributed by atoms with Crippen LogP contribution in [0.3, 0.4) is 0 Å². The third-order valence-corrected chi connectivity index (χ3v) is 2.30. The van der Waals surface area contributed by atoms with Gasteiger partial charge in [-0.05, 0) is 17.7 Å². The second kappa shape index (κ2) is 6.70. The van der Waals surface area contributed by atoms with Gasteiger partial charge in [0.05, 0.1) is 13.0 Å². The molecule has 2 N–H and O–H groups in total. The summed E-state index contributed by atoms with van der Waals surface area (Å²) in [4.78, 5) is 22.1. The highest BCUT2D eigenvalue weighted by Crippen LogP contribution is 2.04. The molecule has 0 fully saturated rings. The zero-order chi connectivity index (χ0) is 13.5. The van der Waals surface area contributed by atoms with Gasteiger partial charge in [0.15, 0.2) is 6.10 Å². The van der Waals surface area contributed by atoms with E-state index in [9.17, 15) is 14.0 Å². The molecule has 0 heterocycles. The number of carbonyl (C=O) groups excluding carboxylic acids is 1. The number of hydrogen-bond donors (Lipinski definition) is 2. The van der Waals surface area contributed by atoms with Gasteiger partial charge in [-0.25, -0.2) is 9.18 Å². The SMILES string of the molecule is COC(CNC(=O)Cc1cccc(F)c1)C(=O)O. The summed E-state index contributed by atoms with van der Waals surface area (Å²) in [6.07, 6.45) is -1.09. The summed E-state index contributed by atoms with van der Waals surface area (Å²) in [5.74, 6) is -1.95. The summed E-state index contributed by atoms with van der Waals surface area (Å²) in [6.45, 7) is -0.125. The van der Waals surface area contributed by atoms with Crippen molar-refractivity contribution in [1.29, 1.82) is 0 Å². The Bertz CT molecular complexity index is 436. The predicted molar refractivity (Wildman–Crippen MR) is 61.5 cm³/mol. The Morgan fingerprint density at radius 1 is 1.50 bits per heavy atom. The van der Waals surface area contributed by atoms with Gasteiger partial charge < -0.3 is 15.2 Å². The highest BCUT2D eigenvalue weighted by Gasteiger charge is 2.17. The molecule has 5 nitrogen and oxygen atoms in total. The van der Waals surface area contributed by atoms with Crippen molar-refractivity contribution in [1.82, 2.24) is 5.32 Å². The molecular weight excluding hydrogens is 241 g/mol. The lowest BCUT2D eigenvalue weighted by molar-refractivity contribution is -0.148. The Balaban J connectivity index is 2.45. The first-order chi connectivity index (χ1) is 8.52. The van der Waals surface area contributed by atoms with Crippen LogP contribution in [0.5, 0.6) is 0 Å². The number of methoxy groups -OCH3 is 1. The molecule has 0 radical (unpaired) electrons. The van der Waals surface area contributed by atoms with E-state index in [0.29, 0.717) is 5.56 Å². The fourth-order valence-corrected chi connectivity index (χ4v) is 1.37. The van der Waals surface area contributed by atoms with E-state index in [1.54, 1.807) is 6.07 Å². The average Bonchev–Trinajstić information content (AvgIpc) is 2.29. The smallest absolute Gasteiger partial charge is 0.334 e. The average molecular weight is 255 g/mol. The van der Waals surface area contributed by atoms with E-state index in [0.717, 1.165) is 0 Å². The normalized spacial score (nSPS) is 11.9. The third-order valence-electron chi connectivity index (χ3n) is 2.30. The first-order valence-corrected chi connectivity index (χ1v) is 5.29. The van der Waals surface area contributed by atoms with Crippen molar-refractivity contribution in [3.63, 3.8) is 0 Å². The van der Waals surface area contributed by atoms with Crippen molar-refractivity contribution in [2.45, 2.75) is 12.5 Å². The molecule has 0 aliphatic rings. The van der Waals surface area contributed by atoms with Crippen molar-refractivity contribution >= 4 is 11.9 Å². The van der Waals surface area contributed by atoms with Crippen LogP contribution >= 0.6 is 0 Å². The largest absolute Gasteiger partial charge is 0.479 e. The standard InChI is InChI=1S/C12H14FNO4/c1-18-10(12(16)17)7-14-11(15)6-8-3-2-4-9(13)5-8/h2-5,10H,6-7H2,1H3,(H,14,15)(H,16,17). The zero-order valence-corrected chi connectivity index (χ0v) is 9.85. The Hall–Kier alpha value is -1.95. The Morgan fingerprint density at radius 3 is 2.78 bits per heavy atom. The van der Waals surface area contributed by atoms with Gasteiger partial charge in [0.2, 0.25) is 5.91 Å². The number of amides is 1. The molecule has 6 heteroatoms. The summed E-state index contributed by atoms with van der Waals surface area (Å²) in [6, 6.07) is 5.66. The highest BCUT2D eigenvalue weighted by atomic mass is 19.1. The minimum Gasteiger partial charge on any atom is -0.479 e. The van der Waals surface area contributed by atoms with E-state index < -0.39 is 17.9 Å². The number of benzene rings is 1. The van der Waals surface area contributed by atoms with E-state index >= 15 is 0 Å². The maximum Gasteiger partial charge on any atom is 0.334 e. The number of rotatable bonds is 6. The van der Waals surface area contributed by atoms with Gasteiger partial charge in [0.1, 0.15) is 5.82 Å². The second-order valence-corrected chi connectivity index (χ2v) is 3.67. The van der Waals surface area contributed by atoms with Crippen molar-refractivity contribution < 1.29 is 23.8 Å². The monoisotopic (exact) mass is 255 g/mol. The van der Waals surface area contributed by atoms with E-state index in [4.69, 9.17) is 5.11 Å². The van der Waals surface area contributed by atoms with Gasteiger partial charge in [-0.3, -0.25) is 4.79 Å². The third kappa shape index (κ3) is 4.50. The van der Waals surface area contributed by atoms with Crippen LogP contribution in [-0.2, 0) is 20.7 Å². The second-order valence-electron chi connectivity index (χ2n) is 3.67. The molecule has 0 aromatic heterocycles. The molecule has 1 amide bonds. The number of halogens is 1. The number of nitrogens with one attached hydrogen (secondary N) is 1. The summed E-state index contributed by atoms with van der Waals surface area (Å²) < 4.78 is 17.5. The van der Waals surface area contributed by atoms with E-state index in [2.05, 4.69) is 10.1 Å². The minimum atomic E-state index is -1.15. The molecule has 1 unspecified atom stereocenters. The van der Waals surface area contributed by atoms with Crippen molar-refractivity contribution in [2.75, 3.05) is 13.7 Å². The highest BCUT2D eigenvalue weighted by molar-refractivity contribution is 5.80. The molecular formula is C12H14FNO4. The molecule has 0 bridgehead atoms. The fourth-order valence-electron chi connectivity index (χ4n) is 1.37. The summed E-state index contributed by atoms with van der Waals surface area (Å²) in [5.41, 5.74) is 0.525. The Kier molecular flexibility index (Phi) is 5.26. The molecule has 0 spiro atoms. The predicted octanol–water partition coefficient (Wildman–Crippen LogP) is 0.584. The molecule has 0 saturated heterocycles. The quantitative estimate of drug-likeness (QED) is 0.779. The fraction of sp³-hybridized carbons (Fsp3) is 0.333. The van der Waals surface area contributed by atoms with Gasteiger partial charge in [0.25, 0.3) is 0 Å². The number of carboxylic acid groups (broad SMARTS) is 1. The topological polar surface area (TPSA) is 75.6 Å². The summed E-state index contributed by atoms with van der Waals surface area (Å²) in [5, 5.41) is 11.1. The van der Waals surface area contributed by atoms with Gasteiger partial charge in [-0.1, -0.05) is 12.1 Å². The first kappa shape index (κ1) is 14.1. The minimum absolute atomic E-state index is 0.00614. The number of hydrogen-bond acceptors (Lipinski definition) is 3. The number of ether oxygens (including phenoxy) is 1. The Labute approximate surface area is 104 Å². The Morgan fingerprint density at radius 2 is 2.22 bits per heavy atom. The molecule has 1 aromatic carbocycles. The van der Waals surface area contributed by atoms with Crippen LogP contribution in [0.15, 0.2) is 24.3 Å². The van der Waals surface area contributed by atoms with Crippen molar-refractivity contribution in [3.8, 4) is 0 Å². The van der Waals surface area contributed by atoms with Crippen LogP contribution < -0.4 is 5.32 Å². The van der Waals surface area contributed by atoms with Gasteiger partial charge >= 0.3 is 5.97 Å². The number of carboxylic acids is 1. The lowest BCUT2D eigenvalue weighted by atomic mass is 10.1. The molecule has 1 rings (SSSR count). The summed E-state index contributed by atoms with van der Waals surface area (Å²) in [7, 11) is 1.25. The lowest BCUT2D eigenvalue weighted by Gasteiger charge is -2.11. The molecule has 0 aliphatic heterocycles. The van der Waals surface area contributed by atoms with Gasteiger partial charge in [-0.15, -0.1) is 0 Å². The number of carbonyl (C=O) groups is 2. The van der Waals surface area contributed by atoms with Crippen LogP contribution in [0, 0.1) is 5.82 Å².